The van der Waals surface area contributed by atoms with Gasteiger partial charge in [0.2, 0.25) is 0 Å². The molecular formula is C22H18F3N3O3S. The first kappa shape index (κ1) is 23.1. The highest BCUT2D eigenvalue weighted by Gasteiger charge is 2.31. The lowest BCUT2D eigenvalue weighted by Gasteiger charge is -2.18. The molecule has 0 fully saturated rings. The van der Waals surface area contributed by atoms with Gasteiger partial charge in [0.15, 0.2) is 6.61 Å². The smallest absolute Gasteiger partial charge is 0.416 e. The molecule has 0 aliphatic rings. The van der Waals surface area contributed by atoms with Crippen LogP contribution in [0.25, 0.3) is 0 Å². The maximum absolute atomic E-state index is 13.1. The van der Waals surface area contributed by atoms with Gasteiger partial charge in [-0.25, -0.2) is 9.78 Å². The number of rotatable bonds is 6. The Hall–Kier alpha value is -3.53. The number of amides is 1. The molecule has 0 saturated carbocycles. The van der Waals surface area contributed by atoms with Gasteiger partial charge in [0.05, 0.1) is 28.2 Å². The Labute approximate surface area is 186 Å². The van der Waals surface area contributed by atoms with Gasteiger partial charge in [-0.15, -0.1) is 11.3 Å². The predicted octanol–water partition coefficient (Wildman–Crippen LogP) is 5.00. The van der Waals surface area contributed by atoms with Crippen LogP contribution >= 0.6 is 11.3 Å². The summed E-state index contributed by atoms with van der Waals surface area (Å²) < 4.78 is 44.5. The van der Waals surface area contributed by atoms with E-state index < -0.39 is 30.2 Å². The van der Waals surface area contributed by atoms with E-state index in [1.807, 2.05) is 0 Å². The predicted molar refractivity (Wildman–Crippen MR) is 115 cm³/mol. The fourth-order valence-electron chi connectivity index (χ4n) is 2.73. The number of carbonyl (C=O) groups is 2. The molecule has 3 aromatic rings. The molecule has 32 heavy (non-hydrogen) atoms. The Balaban J connectivity index is 1.85. The molecule has 0 spiro atoms. The number of alkyl halides is 3. The zero-order valence-corrected chi connectivity index (χ0v) is 17.9. The molecule has 0 saturated heterocycles. The molecule has 166 valence electrons. The number of thiazole rings is 1. The van der Waals surface area contributed by atoms with Crippen molar-refractivity contribution in [3.8, 4) is 0 Å². The Morgan fingerprint density at radius 3 is 2.47 bits per heavy atom. The first-order valence-corrected chi connectivity index (χ1v) is 10.2. The standard InChI is InChI=1S/C22H18F3N3O3S/c1-14-20(32-15(2)27-14)21(30)31-13-19(29)28(26-12-16-7-4-3-5-8-16)18-10-6-9-17(11-18)22(23,24)25/h3-12H,13H2,1-2H3/b26-12+. The number of aryl methyl sites for hydroxylation is 2. The third-order valence-electron chi connectivity index (χ3n) is 4.19. The largest absolute Gasteiger partial charge is 0.451 e. The van der Waals surface area contributed by atoms with Gasteiger partial charge >= 0.3 is 12.1 Å². The van der Waals surface area contributed by atoms with Gasteiger partial charge in [0.1, 0.15) is 4.88 Å². The zero-order chi connectivity index (χ0) is 23.3. The third-order valence-corrected chi connectivity index (χ3v) is 5.24. The number of halogens is 3. The van der Waals surface area contributed by atoms with Gasteiger partial charge in [-0.3, -0.25) is 4.79 Å². The van der Waals surface area contributed by atoms with Crippen LogP contribution in [0.5, 0.6) is 0 Å². The lowest BCUT2D eigenvalue weighted by atomic mass is 10.2. The van der Waals surface area contributed by atoms with Crippen molar-refractivity contribution < 1.29 is 27.5 Å². The molecule has 1 aromatic heterocycles. The van der Waals surface area contributed by atoms with E-state index >= 15 is 0 Å². The van der Waals surface area contributed by atoms with Gasteiger partial charge in [0, 0.05) is 0 Å². The second-order valence-electron chi connectivity index (χ2n) is 6.63. The van der Waals surface area contributed by atoms with E-state index in [2.05, 4.69) is 10.1 Å². The van der Waals surface area contributed by atoms with Crippen LogP contribution in [0, 0.1) is 13.8 Å². The van der Waals surface area contributed by atoms with Gasteiger partial charge in [-0.1, -0.05) is 36.4 Å². The Bertz CT molecular complexity index is 1140. The highest BCUT2D eigenvalue weighted by Crippen LogP contribution is 2.32. The fourth-order valence-corrected chi connectivity index (χ4v) is 3.54. The number of hydrazone groups is 1. The molecule has 0 aliphatic carbocycles. The summed E-state index contributed by atoms with van der Waals surface area (Å²) in [5.74, 6) is -1.55. The lowest BCUT2D eigenvalue weighted by molar-refractivity contribution is -0.137. The van der Waals surface area contributed by atoms with Gasteiger partial charge in [-0.05, 0) is 37.6 Å². The molecule has 2 aromatic carbocycles. The Kier molecular flexibility index (Phi) is 7.04. The van der Waals surface area contributed by atoms with Crippen molar-refractivity contribution in [1.82, 2.24) is 4.98 Å². The SMILES string of the molecule is Cc1nc(C)c(C(=O)OCC(=O)N(/N=C/c2ccccc2)c2cccc(C(F)(F)F)c2)s1. The number of anilines is 1. The summed E-state index contributed by atoms with van der Waals surface area (Å²) in [4.78, 5) is 29.5. The first-order valence-electron chi connectivity index (χ1n) is 9.35. The molecule has 6 nitrogen and oxygen atoms in total. The minimum Gasteiger partial charge on any atom is -0.451 e. The summed E-state index contributed by atoms with van der Waals surface area (Å²) in [7, 11) is 0. The second-order valence-corrected chi connectivity index (χ2v) is 7.84. The molecule has 10 heteroatoms. The van der Waals surface area contributed by atoms with Crippen molar-refractivity contribution in [3.05, 3.63) is 81.3 Å². The van der Waals surface area contributed by atoms with E-state index in [0.29, 0.717) is 16.3 Å². The van der Waals surface area contributed by atoms with Crippen molar-refractivity contribution >= 4 is 35.1 Å². The van der Waals surface area contributed by atoms with Crippen molar-refractivity contribution in [3.63, 3.8) is 0 Å². The normalized spacial score (nSPS) is 11.5. The molecule has 0 radical (unpaired) electrons. The van der Waals surface area contributed by atoms with Crippen LogP contribution in [0.2, 0.25) is 0 Å². The van der Waals surface area contributed by atoms with Gasteiger partial charge in [0.25, 0.3) is 5.91 Å². The summed E-state index contributed by atoms with van der Waals surface area (Å²) in [6.07, 6.45) is -3.27. The molecule has 1 heterocycles. The highest BCUT2D eigenvalue weighted by molar-refractivity contribution is 7.13. The summed E-state index contributed by atoms with van der Waals surface area (Å²) >= 11 is 1.13. The van der Waals surface area contributed by atoms with Gasteiger partial charge in [-0.2, -0.15) is 23.3 Å². The summed E-state index contributed by atoms with van der Waals surface area (Å²) in [6.45, 7) is 2.66. The maximum atomic E-state index is 13.1. The van der Waals surface area contributed by atoms with E-state index in [0.717, 1.165) is 28.5 Å². The molecule has 0 bridgehead atoms. The molecular weight excluding hydrogens is 443 g/mol. The van der Waals surface area contributed by atoms with Crippen LogP contribution < -0.4 is 5.01 Å². The number of benzene rings is 2. The van der Waals surface area contributed by atoms with E-state index in [1.54, 1.807) is 44.2 Å². The zero-order valence-electron chi connectivity index (χ0n) is 17.1. The lowest BCUT2D eigenvalue weighted by Crippen LogP contribution is -2.31. The number of hydrogen-bond donors (Lipinski definition) is 0. The fraction of sp³-hybridized carbons (Fsp3) is 0.182. The highest BCUT2D eigenvalue weighted by atomic mass is 32.1. The van der Waals surface area contributed by atoms with E-state index in [9.17, 15) is 22.8 Å². The number of esters is 1. The van der Waals surface area contributed by atoms with Gasteiger partial charge < -0.3 is 4.74 Å². The van der Waals surface area contributed by atoms with Crippen LogP contribution in [0.3, 0.4) is 0 Å². The van der Waals surface area contributed by atoms with Crippen LogP contribution in [-0.4, -0.2) is 29.7 Å². The van der Waals surface area contributed by atoms with Crippen LogP contribution in [-0.2, 0) is 15.7 Å². The minimum atomic E-state index is -4.60. The molecule has 1 amide bonds. The van der Waals surface area contributed by atoms with Crippen molar-refractivity contribution in [2.75, 3.05) is 11.6 Å². The van der Waals surface area contributed by atoms with E-state index in [4.69, 9.17) is 4.74 Å². The third kappa shape index (κ3) is 5.79. The number of hydrogen-bond acceptors (Lipinski definition) is 6. The monoisotopic (exact) mass is 461 g/mol. The number of ether oxygens (including phenoxy) is 1. The van der Waals surface area contributed by atoms with Crippen LogP contribution in [0.1, 0.15) is 31.5 Å². The Morgan fingerprint density at radius 1 is 1.12 bits per heavy atom. The second kappa shape index (κ2) is 9.73. The number of aromatic nitrogens is 1. The summed E-state index contributed by atoms with van der Waals surface area (Å²) in [5.41, 5.74) is 0.0557. The first-order chi connectivity index (χ1) is 15.1. The average Bonchev–Trinajstić information content (AvgIpc) is 3.10. The van der Waals surface area contributed by atoms with Crippen molar-refractivity contribution in [1.29, 1.82) is 0 Å². The van der Waals surface area contributed by atoms with Crippen molar-refractivity contribution in [2.24, 2.45) is 5.10 Å². The summed E-state index contributed by atoms with van der Waals surface area (Å²) in [6, 6.07) is 12.9. The molecule has 0 aliphatic heterocycles. The average molecular weight is 461 g/mol. The number of nitrogens with zero attached hydrogens (tertiary/aromatic N) is 3. The quantitative estimate of drug-likeness (QED) is 0.294. The van der Waals surface area contributed by atoms with Crippen LogP contribution in [0.15, 0.2) is 59.7 Å². The molecule has 0 N–H and O–H groups in total. The molecule has 3 rings (SSSR count). The van der Waals surface area contributed by atoms with Crippen LogP contribution in [0.4, 0.5) is 18.9 Å². The van der Waals surface area contributed by atoms with E-state index in [1.165, 1.54) is 18.3 Å². The van der Waals surface area contributed by atoms with E-state index in [-0.39, 0.29) is 10.6 Å². The molecule has 0 atom stereocenters. The maximum Gasteiger partial charge on any atom is 0.416 e. The Morgan fingerprint density at radius 2 is 1.84 bits per heavy atom. The van der Waals surface area contributed by atoms with Crippen molar-refractivity contribution in [2.45, 2.75) is 20.0 Å². The summed E-state index contributed by atoms with van der Waals surface area (Å²) in [5, 5.41) is 5.49. The molecule has 0 unspecified atom stereocenters. The number of carbonyl (C=O) groups excluding carboxylic acids is 2. The minimum absolute atomic E-state index is 0.113. The topological polar surface area (TPSA) is 71.9 Å².